The summed E-state index contributed by atoms with van der Waals surface area (Å²) in [5, 5.41) is 2.76. The van der Waals surface area contributed by atoms with Gasteiger partial charge in [-0.05, 0) is 84.7 Å². The number of nitrogens with one attached hydrogen (secondary N) is 1. The second kappa shape index (κ2) is 10.1. The normalized spacial score (nSPS) is 21.1. The summed E-state index contributed by atoms with van der Waals surface area (Å²) in [6.07, 6.45) is 8.94. The Balaban J connectivity index is 1.68. The first-order valence-electron chi connectivity index (χ1n) is 10.4. The molecule has 0 aromatic heterocycles. The van der Waals surface area contributed by atoms with Gasteiger partial charge in [0.05, 0.1) is 0 Å². The van der Waals surface area contributed by atoms with Gasteiger partial charge in [-0.2, -0.15) is 0 Å². The fourth-order valence-electron chi connectivity index (χ4n) is 4.15. The van der Waals surface area contributed by atoms with Gasteiger partial charge in [-0.1, -0.05) is 0 Å². The maximum Gasteiger partial charge on any atom is 0.246 e. The SMILES string of the molecule is CC(C)NC(=O)/C=C/C(=O)N1CCC(CC2CCN(C(C)C)CC2)CC1. The van der Waals surface area contributed by atoms with E-state index >= 15 is 0 Å². The molecule has 2 aliphatic rings. The monoisotopic (exact) mass is 363 g/mol. The summed E-state index contributed by atoms with van der Waals surface area (Å²) in [6, 6.07) is 0.756. The zero-order chi connectivity index (χ0) is 19.1. The molecule has 0 aromatic carbocycles. The predicted molar refractivity (Wildman–Crippen MR) is 106 cm³/mol. The Morgan fingerprint density at radius 2 is 1.46 bits per heavy atom. The van der Waals surface area contributed by atoms with Crippen LogP contribution in [0.15, 0.2) is 12.2 Å². The van der Waals surface area contributed by atoms with E-state index in [2.05, 4.69) is 24.1 Å². The van der Waals surface area contributed by atoms with E-state index in [4.69, 9.17) is 0 Å². The lowest BCUT2D eigenvalue weighted by molar-refractivity contribution is -0.127. The smallest absolute Gasteiger partial charge is 0.246 e. The van der Waals surface area contributed by atoms with Gasteiger partial charge in [0.15, 0.2) is 0 Å². The van der Waals surface area contributed by atoms with E-state index in [0.717, 1.165) is 37.8 Å². The Bertz CT molecular complexity index is 485. The number of amides is 2. The summed E-state index contributed by atoms with van der Waals surface area (Å²) in [5.41, 5.74) is 0. The van der Waals surface area contributed by atoms with Gasteiger partial charge in [0.2, 0.25) is 11.8 Å². The van der Waals surface area contributed by atoms with Crippen LogP contribution in [-0.4, -0.2) is 59.9 Å². The lowest BCUT2D eigenvalue weighted by Gasteiger charge is -2.38. The third kappa shape index (κ3) is 6.75. The molecule has 0 radical (unpaired) electrons. The van der Waals surface area contributed by atoms with E-state index < -0.39 is 0 Å². The molecule has 2 heterocycles. The molecule has 0 saturated carbocycles. The minimum Gasteiger partial charge on any atom is -0.350 e. The van der Waals surface area contributed by atoms with Crippen LogP contribution in [0.25, 0.3) is 0 Å². The van der Waals surface area contributed by atoms with Gasteiger partial charge >= 0.3 is 0 Å². The fraction of sp³-hybridized carbons (Fsp3) is 0.810. The highest BCUT2D eigenvalue weighted by molar-refractivity contribution is 5.96. The first kappa shape index (κ1) is 20.9. The highest BCUT2D eigenvalue weighted by Crippen LogP contribution is 2.30. The number of carbonyl (C=O) groups excluding carboxylic acids is 2. The number of likely N-dealkylation sites (tertiary alicyclic amines) is 2. The van der Waals surface area contributed by atoms with Gasteiger partial charge in [0.25, 0.3) is 0 Å². The average Bonchev–Trinajstić information content (AvgIpc) is 2.60. The lowest BCUT2D eigenvalue weighted by atomic mass is 9.82. The van der Waals surface area contributed by atoms with Crippen LogP contribution in [0.5, 0.6) is 0 Å². The zero-order valence-electron chi connectivity index (χ0n) is 17.0. The second-order valence-electron chi connectivity index (χ2n) is 8.57. The van der Waals surface area contributed by atoms with Crippen molar-refractivity contribution in [3.05, 3.63) is 12.2 Å². The van der Waals surface area contributed by atoms with Crippen molar-refractivity contribution in [2.24, 2.45) is 11.8 Å². The van der Waals surface area contributed by atoms with Crippen molar-refractivity contribution < 1.29 is 9.59 Å². The van der Waals surface area contributed by atoms with Crippen molar-refractivity contribution in [3.8, 4) is 0 Å². The van der Waals surface area contributed by atoms with Crippen molar-refractivity contribution in [2.75, 3.05) is 26.2 Å². The Kier molecular flexibility index (Phi) is 8.14. The number of carbonyl (C=O) groups is 2. The summed E-state index contributed by atoms with van der Waals surface area (Å²) in [4.78, 5) is 28.3. The van der Waals surface area contributed by atoms with Gasteiger partial charge in [-0.3, -0.25) is 9.59 Å². The van der Waals surface area contributed by atoms with E-state index in [1.54, 1.807) is 0 Å². The molecule has 2 aliphatic heterocycles. The fourth-order valence-corrected chi connectivity index (χ4v) is 4.15. The molecule has 5 heteroatoms. The van der Waals surface area contributed by atoms with Crippen molar-refractivity contribution in [1.82, 2.24) is 15.1 Å². The lowest BCUT2D eigenvalue weighted by Crippen LogP contribution is -2.40. The molecular weight excluding hydrogens is 326 g/mol. The maximum absolute atomic E-state index is 12.2. The molecule has 5 nitrogen and oxygen atoms in total. The van der Waals surface area contributed by atoms with Crippen molar-refractivity contribution in [3.63, 3.8) is 0 Å². The quantitative estimate of drug-likeness (QED) is 0.738. The molecule has 2 rings (SSSR count). The Labute approximate surface area is 159 Å². The molecule has 2 amide bonds. The molecule has 0 aliphatic carbocycles. The average molecular weight is 364 g/mol. The van der Waals surface area contributed by atoms with E-state index in [-0.39, 0.29) is 17.9 Å². The minimum absolute atomic E-state index is 0.0346. The molecule has 1 N–H and O–H groups in total. The van der Waals surface area contributed by atoms with Gasteiger partial charge in [0.1, 0.15) is 0 Å². The molecular formula is C21H37N3O2. The van der Waals surface area contributed by atoms with Gasteiger partial charge in [-0.25, -0.2) is 0 Å². The van der Waals surface area contributed by atoms with Crippen LogP contribution in [0, 0.1) is 11.8 Å². The molecule has 26 heavy (non-hydrogen) atoms. The number of piperidine rings is 2. The minimum atomic E-state index is -0.198. The van der Waals surface area contributed by atoms with E-state index in [1.165, 1.54) is 44.5 Å². The number of hydrogen-bond donors (Lipinski definition) is 1. The number of rotatable bonds is 6. The molecule has 0 bridgehead atoms. The first-order valence-corrected chi connectivity index (χ1v) is 10.4. The maximum atomic E-state index is 12.2. The summed E-state index contributed by atoms with van der Waals surface area (Å²) < 4.78 is 0. The van der Waals surface area contributed by atoms with Crippen LogP contribution in [0.1, 0.15) is 59.8 Å². The van der Waals surface area contributed by atoms with E-state index in [0.29, 0.717) is 6.04 Å². The van der Waals surface area contributed by atoms with Crippen LogP contribution < -0.4 is 5.32 Å². The standard InChI is InChI=1S/C21H37N3O2/c1-16(2)22-20(25)5-6-21(26)24-13-9-19(10-14-24)15-18-7-11-23(12-8-18)17(3)4/h5-6,16-19H,7-15H2,1-4H3,(H,22,25)/b6-5+. The molecule has 0 unspecified atom stereocenters. The summed E-state index contributed by atoms with van der Waals surface area (Å²) in [6.45, 7) is 12.5. The van der Waals surface area contributed by atoms with Crippen LogP contribution in [-0.2, 0) is 9.59 Å². The molecule has 0 aromatic rings. The zero-order valence-corrected chi connectivity index (χ0v) is 17.0. The first-order chi connectivity index (χ1) is 12.3. The van der Waals surface area contributed by atoms with E-state index in [9.17, 15) is 9.59 Å². The number of hydrogen-bond acceptors (Lipinski definition) is 3. The molecule has 0 spiro atoms. The molecule has 0 atom stereocenters. The van der Waals surface area contributed by atoms with E-state index in [1.807, 2.05) is 18.7 Å². The Morgan fingerprint density at radius 3 is 1.96 bits per heavy atom. The second-order valence-corrected chi connectivity index (χ2v) is 8.57. The van der Waals surface area contributed by atoms with Gasteiger partial charge in [-0.15, -0.1) is 0 Å². The highest BCUT2D eigenvalue weighted by atomic mass is 16.2. The third-order valence-electron chi connectivity index (χ3n) is 5.78. The summed E-state index contributed by atoms with van der Waals surface area (Å²) >= 11 is 0. The van der Waals surface area contributed by atoms with Crippen LogP contribution >= 0.6 is 0 Å². The highest BCUT2D eigenvalue weighted by Gasteiger charge is 2.27. The van der Waals surface area contributed by atoms with Gasteiger partial charge < -0.3 is 15.1 Å². The number of nitrogens with zero attached hydrogens (tertiary/aromatic N) is 2. The topological polar surface area (TPSA) is 52.7 Å². The molecule has 2 fully saturated rings. The van der Waals surface area contributed by atoms with Crippen LogP contribution in [0.3, 0.4) is 0 Å². The van der Waals surface area contributed by atoms with Crippen LogP contribution in [0.4, 0.5) is 0 Å². The summed E-state index contributed by atoms with van der Waals surface area (Å²) in [7, 11) is 0. The Hall–Kier alpha value is -1.36. The van der Waals surface area contributed by atoms with Crippen molar-refractivity contribution >= 4 is 11.8 Å². The summed E-state index contributed by atoms with van der Waals surface area (Å²) in [5.74, 6) is 1.38. The molecule has 2 saturated heterocycles. The Morgan fingerprint density at radius 1 is 0.923 bits per heavy atom. The largest absolute Gasteiger partial charge is 0.350 e. The third-order valence-corrected chi connectivity index (χ3v) is 5.78. The van der Waals surface area contributed by atoms with Crippen LogP contribution in [0.2, 0.25) is 0 Å². The van der Waals surface area contributed by atoms with Gasteiger partial charge in [0, 0.05) is 37.3 Å². The van der Waals surface area contributed by atoms with Crippen molar-refractivity contribution in [1.29, 1.82) is 0 Å². The van der Waals surface area contributed by atoms with Crippen molar-refractivity contribution in [2.45, 2.75) is 71.9 Å². The molecule has 148 valence electrons. The predicted octanol–water partition coefficient (Wildman–Crippen LogP) is 2.82.